The molecule has 1 aromatic heterocycles. The van der Waals surface area contributed by atoms with E-state index in [1.807, 2.05) is 0 Å². The molecule has 32 heavy (non-hydrogen) atoms. The molecule has 1 aliphatic rings. The zero-order valence-corrected chi connectivity index (χ0v) is 17.7. The molecule has 0 radical (unpaired) electrons. The van der Waals surface area contributed by atoms with Gasteiger partial charge in [0.1, 0.15) is 11.6 Å². The molecule has 9 heteroatoms. The summed E-state index contributed by atoms with van der Waals surface area (Å²) < 4.78 is 15.5. The Labute approximate surface area is 190 Å². The fourth-order valence-corrected chi connectivity index (χ4v) is 4.05. The van der Waals surface area contributed by atoms with E-state index in [0.717, 1.165) is 9.47 Å². The minimum Gasteiger partial charge on any atom is -0.269 e. The van der Waals surface area contributed by atoms with E-state index in [0.29, 0.717) is 5.52 Å². The number of imidazole rings is 1. The second-order valence-corrected chi connectivity index (χ2v) is 7.96. The number of carbonyl (C=O) groups is 3. The maximum atomic E-state index is 14.4. The third kappa shape index (κ3) is 3.09. The molecule has 0 fully saturated rings. The van der Waals surface area contributed by atoms with Crippen molar-refractivity contribution in [2.45, 2.75) is 6.54 Å². The first-order valence-electron chi connectivity index (χ1n) is 9.47. The van der Waals surface area contributed by atoms with Crippen LogP contribution in [0.1, 0.15) is 36.9 Å². The number of hydrogen-bond acceptors (Lipinski definition) is 4. The topological polar surface area (TPSA) is 72.3 Å². The molecule has 0 N–H and O–H groups in total. The van der Waals surface area contributed by atoms with Crippen LogP contribution in [0.5, 0.6) is 0 Å². The van der Waals surface area contributed by atoms with Crippen molar-refractivity contribution < 1.29 is 18.8 Å². The molecule has 0 atom stereocenters. The first-order chi connectivity index (χ1) is 15.4. The number of rotatable bonds is 3. The smallest absolute Gasteiger partial charge is 0.266 e. The van der Waals surface area contributed by atoms with Crippen molar-refractivity contribution in [3.8, 4) is 0 Å². The average Bonchev–Trinajstić information content (AvgIpc) is 3.24. The van der Waals surface area contributed by atoms with Gasteiger partial charge in [-0.05, 0) is 36.4 Å². The van der Waals surface area contributed by atoms with E-state index in [2.05, 4.69) is 4.98 Å². The zero-order valence-electron chi connectivity index (χ0n) is 16.2. The zero-order chi connectivity index (χ0) is 22.6. The van der Waals surface area contributed by atoms with Gasteiger partial charge >= 0.3 is 0 Å². The van der Waals surface area contributed by atoms with Crippen molar-refractivity contribution in [1.29, 1.82) is 0 Å². The van der Waals surface area contributed by atoms with E-state index >= 15 is 0 Å². The lowest BCUT2D eigenvalue weighted by Crippen LogP contribution is -2.31. The predicted molar refractivity (Wildman–Crippen MR) is 117 cm³/mol. The van der Waals surface area contributed by atoms with Crippen molar-refractivity contribution in [3.63, 3.8) is 0 Å². The van der Waals surface area contributed by atoms with Gasteiger partial charge in [0.05, 0.1) is 44.3 Å². The molecule has 2 heterocycles. The molecule has 5 rings (SSSR count). The molecule has 0 bridgehead atoms. The molecule has 158 valence electrons. The Hall–Kier alpha value is -3.55. The molecular weight excluding hydrogens is 456 g/mol. The average molecular weight is 468 g/mol. The Morgan fingerprint density at radius 1 is 0.906 bits per heavy atom. The van der Waals surface area contributed by atoms with Gasteiger partial charge in [0, 0.05) is 0 Å². The Morgan fingerprint density at radius 2 is 1.50 bits per heavy atom. The SMILES string of the molecule is O=C1c2ccccc2C(=O)N1Cc1nc2cc(Cl)c(Cl)cc2n1C(=O)c1ccccc1F. The second kappa shape index (κ2) is 7.55. The van der Waals surface area contributed by atoms with Crippen LogP contribution in [0.25, 0.3) is 11.0 Å². The summed E-state index contributed by atoms with van der Waals surface area (Å²) in [7, 11) is 0. The molecule has 0 saturated heterocycles. The van der Waals surface area contributed by atoms with Crippen LogP contribution in [0.3, 0.4) is 0 Å². The predicted octanol–water partition coefficient (Wildman–Crippen LogP) is 4.97. The third-order valence-electron chi connectivity index (χ3n) is 5.25. The van der Waals surface area contributed by atoms with Crippen LogP contribution in [0, 0.1) is 5.82 Å². The van der Waals surface area contributed by atoms with E-state index in [9.17, 15) is 18.8 Å². The number of aromatic nitrogens is 2. The molecule has 6 nitrogen and oxygen atoms in total. The molecule has 0 aliphatic carbocycles. The van der Waals surface area contributed by atoms with Crippen LogP contribution in [-0.2, 0) is 6.54 Å². The lowest BCUT2D eigenvalue weighted by molar-refractivity contribution is 0.0633. The van der Waals surface area contributed by atoms with Crippen molar-refractivity contribution in [2.24, 2.45) is 0 Å². The highest BCUT2D eigenvalue weighted by Gasteiger charge is 2.36. The van der Waals surface area contributed by atoms with E-state index < -0.39 is 23.5 Å². The first-order valence-corrected chi connectivity index (χ1v) is 10.2. The summed E-state index contributed by atoms with van der Waals surface area (Å²) in [4.78, 5) is 44.4. The number of nitrogens with zero attached hydrogens (tertiary/aromatic N) is 3. The van der Waals surface area contributed by atoms with Gasteiger partial charge in [-0.1, -0.05) is 47.5 Å². The number of benzene rings is 3. The summed E-state index contributed by atoms with van der Waals surface area (Å²) in [5.41, 5.74) is 0.940. The first kappa shape index (κ1) is 20.4. The van der Waals surface area contributed by atoms with E-state index in [-0.39, 0.29) is 44.6 Å². The van der Waals surface area contributed by atoms with Gasteiger partial charge in [-0.15, -0.1) is 0 Å². The number of fused-ring (bicyclic) bond motifs is 2. The summed E-state index contributed by atoms with van der Waals surface area (Å²) in [6, 6.07) is 14.9. The Kier molecular flexibility index (Phi) is 4.80. The minimum atomic E-state index is -0.717. The summed E-state index contributed by atoms with van der Waals surface area (Å²) in [5, 5.41) is 0.392. The highest BCUT2D eigenvalue weighted by atomic mass is 35.5. The number of hydrogen-bond donors (Lipinski definition) is 0. The molecule has 1 aliphatic heterocycles. The van der Waals surface area contributed by atoms with Gasteiger partial charge in [-0.25, -0.2) is 9.37 Å². The van der Waals surface area contributed by atoms with Gasteiger partial charge in [-0.2, -0.15) is 0 Å². The molecule has 0 saturated carbocycles. The fourth-order valence-electron chi connectivity index (χ4n) is 3.73. The lowest BCUT2D eigenvalue weighted by atomic mass is 10.1. The normalized spacial score (nSPS) is 13.2. The van der Waals surface area contributed by atoms with E-state index in [4.69, 9.17) is 23.2 Å². The van der Waals surface area contributed by atoms with Crippen molar-refractivity contribution >= 4 is 52.0 Å². The molecule has 3 aromatic carbocycles. The maximum absolute atomic E-state index is 14.4. The molecule has 0 unspecified atom stereocenters. The number of amides is 2. The minimum absolute atomic E-state index is 0.0705. The monoisotopic (exact) mass is 467 g/mol. The highest BCUT2D eigenvalue weighted by Crippen LogP contribution is 2.31. The standard InChI is InChI=1S/C23H12Cl2FN3O3/c24-15-9-18-19(10-16(15)25)29(23(32)14-7-3-4-8-17(14)26)20(27-18)11-28-21(30)12-5-1-2-6-13(12)22(28)31/h1-10H,11H2. The van der Waals surface area contributed by atoms with Gasteiger partial charge in [0.2, 0.25) is 0 Å². The van der Waals surface area contributed by atoms with Crippen LogP contribution < -0.4 is 0 Å². The van der Waals surface area contributed by atoms with Crippen molar-refractivity contribution in [1.82, 2.24) is 14.5 Å². The van der Waals surface area contributed by atoms with Gasteiger partial charge < -0.3 is 0 Å². The van der Waals surface area contributed by atoms with Crippen LogP contribution in [0.4, 0.5) is 4.39 Å². The maximum Gasteiger partial charge on any atom is 0.266 e. The fraction of sp³-hybridized carbons (Fsp3) is 0.0435. The Morgan fingerprint density at radius 3 is 2.16 bits per heavy atom. The number of imide groups is 1. The molecule has 0 spiro atoms. The van der Waals surface area contributed by atoms with Gasteiger partial charge in [0.15, 0.2) is 0 Å². The van der Waals surface area contributed by atoms with Crippen molar-refractivity contribution in [3.05, 3.63) is 99.0 Å². The molecule has 2 amide bonds. The third-order valence-corrected chi connectivity index (χ3v) is 5.97. The largest absolute Gasteiger partial charge is 0.269 e. The summed E-state index contributed by atoms with van der Waals surface area (Å²) in [5.74, 6) is -2.36. The Balaban J connectivity index is 1.66. The lowest BCUT2D eigenvalue weighted by Gasteiger charge is -2.15. The Bertz CT molecular complexity index is 1430. The van der Waals surface area contributed by atoms with E-state index in [1.54, 1.807) is 24.3 Å². The van der Waals surface area contributed by atoms with Crippen molar-refractivity contribution in [2.75, 3.05) is 0 Å². The second-order valence-electron chi connectivity index (χ2n) is 7.15. The number of halogens is 3. The van der Waals surface area contributed by atoms with Crippen LogP contribution in [-0.4, -0.2) is 32.2 Å². The highest BCUT2D eigenvalue weighted by molar-refractivity contribution is 6.42. The van der Waals surface area contributed by atoms with Gasteiger partial charge in [-0.3, -0.25) is 23.9 Å². The van der Waals surface area contributed by atoms with Crippen LogP contribution in [0.2, 0.25) is 10.0 Å². The van der Waals surface area contributed by atoms with E-state index in [1.165, 1.54) is 36.4 Å². The van der Waals surface area contributed by atoms with Gasteiger partial charge in [0.25, 0.3) is 17.7 Å². The summed E-state index contributed by atoms with van der Waals surface area (Å²) in [6.07, 6.45) is 0. The molecule has 4 aromatic rings. The van der Waals surface area contributed by atoms with Crippen LogP contribution >= 0.6 is 23.2 Å². The quantitative estimate of drug-likeness (QED) is 0.399. The van der Waals surface area contributed by atoms with Crippen LogP contribution in [0.15, 0.2) is 60.7 Å². The molecular formula is C23H12Cl2FN3O3. The number of carbonyl (C=O) groups excluding carboxylic acids is 3. The summed E-state index contributed by atoms with van der Waals surface area (Å²) in [6.45, 7) is -0.295. The summed E-state index contributed by atoms with van der Waals surface area (Å²) >= 11 is 12.3.